The first kappa shape index (κ1) is 16.2. The lowest BCUT2D eigenvalue weighted by Crippen LogP contribution is -2.52. The van der Waals surface area contributed by atoms with Crippen LogP contribution in [0.1, 0.15) is 41.5 Å². The molecule has 5 nitrogen and oxygen atoms in total. The van der Waals surface area contributed by atoms with Crippen molar-refractivity contribution in [3.05, 3.63) is 0 Å². The number of nitrogens with one attached hydrogen (secondary N) is 2. The lowest BCUT2D eigenvalue weighted by Gasteiger charge is -2.29. The van der Waals surface area contributed by atoms with Crippen LogP contribution in [0.15, 0.2) is 0 Å². The van der Waals surface area contributed by atoms with Gasteiger partial charge < -0.3 is 20.5 Å². The van der Waals surface area contributed by atoms with Gasteiger partial charge in [0.25, 0.3) is 0 Å². The second-order valence-corrected chi connectivity index (χ2v) is 5.99. The van der Waals surface area contributed by atoms with Crippen LogP contribution in [0.5, 0.6) is 0 Å². The lowest BCUT2D eigenvalue weighted by molar-refractivity contribution is 0.0471. The minimum atomic E-state index is -0.493. The van der Waals surface area contributed by atoms with Crippen molar-refractivity contribution < 1.29 is 14.6 Å². The van der Waals surface area contributed by atoms with Gasteiger partial charge in [0.15, 0.2) is 0 Å². The Morgan fingerprint density at radius 3 is 2.24 bits per heavy atom. The fraction of sp³-hybridized carbons (Fsp3) is 0.917. The van der Waals surface area contributed by atoms with Crippen LogP contribution in [0, 0.1) is 0 Å². The Balaban J connectivity index is 4.03. The maximum atomic E-state index is 11.6. The van der Waals surface area contributed by atoms with E-state index in [0.29, 0.717) is 13.1 Å². The summed E-state index contributed by atoms with van der Waals surface area (Å²) in [6.45, 7) is 12.0. The zero-order valence-corrected chi connectivity index (χ0v) is 11.8. The molecule has 1 amide bonds. The Hall–Kier alpha value is -0.810. The molecule has 0 aromatic carbocycles. The zero-order chi connectivity index (χ0) is 13.7. The first-order valence-corrected chi connectivity index (χ1v) is 5.92. The average Bonchev–Trinajstić information content (AvgIpc) is 1.96. The summed E-state index contributed by atoms with van der Waals surface area (Å²) in [7, 11) is 0. The molecule has 0 rings (SSSR count). The molecule has 0 spiro atoms. The second-order valence-electron chi connectivity index (χ2n) is 5.99. The molecule has 17 heavy (non-hydrogen) atoms. The van der Waals surface area contributed by atoms with Gasteiger partial charge >= 0.3 is 6.09 Å². The molecular weight excluding hydrogens is 220 g/mol. The Kier molecular flexibility index (Phi) is 5.92. The molecule has 3 N–H and O–H groups in total. The van der Waals surface area contributed by atoms with Gasteiger partial charge in [-0.25, -0.2) is 4.79 Å². The van der Waals surface area contributed by atoms with E-state index in [-0.39, 0.29) is 0 Å². The molecule has 0 saturated carbocycles. The summed E-state index contributed by atoms with van der Waals surface area (Å²) >= 11 is 0. The Morgan fingerprint density at radius 2 is 1.82 bits per heavy atom. The summed E-state index contributed by atoms with van der Waals surface area (Å²) in [5, 5.41) is 15.0. The Morgan fingerprint density at radius 1 is 1.29 bits per heavy atom. The van der Waals surface area contributed by atoms with Crippen LogP contribution >= 0.6 is 0 Å². The largest absolute Gasteiger partial charge is 0.444 e. The molecule has 0 bridgehead atoms. The summed E-state index contributed by atoms with van der Waals surface area (Å²) in [6.07, 6.45) is -0.825. The van der Waals surface area contributed by atoms with Crippen molar-refractivity contribution >= 4 is 6.09 Å². The summed E-state index contributed by atoms with van der Waals surface area (Å²) in [5.41, 5.74) is -0.912. The van der Waals surface area contributed by atoms with Gasteiger partial charge in [-0.1, -0.05) is 0 Å². The summed E-state index contributed by atoms with van der Waals surface area (Å²) < 4.78 is 5.17. The molecule has 1 unspecified atom stereocenters. The van der Waals surface area contributed by atoms with Gasteiger partial charge in [0.2, 0.25) is 0 Å². The Bertz CT molecular complexity index is 245. The van der Waals surface area contributed by atoms with Crippen LogP contribution in [-0.4, -0.2) is 41.5 Å². The minimum absolute atomic E-state index is 0.396. The topological polar surface area (TPSA) is 70.6 Å². The second kappa shape index (κ2) is 6.21. The first-order valence-electron chi connectivity index (χ1n) is 5.92. The number of aliphatic hydroxyl groups excluding tert-OH is 1. The number of hydrogen-bond donors (Lipinski definition) is 3. The van der Waals surface area contributed by atoms with E-state index in [1.807, 2.05) is 34.6 Å². The third-order valence-corrected chi connectivity index (χ3v) is 1.85. The highest BCUT2D eigenvalue weighted by Gasteiger charge is 2.24. The standard InChI is InChI=1S/C12H26N2O3/c1-9(15)7-13-8-12(5,6)14-10(16)17-11(2,3)4/h9,13,15H,7-8H2,1-6H3,(H,14,16). The van der Waals surface area contributed by atoms with Crippen LogP contribution in [0.3, 0.4) is 0 Å². The van der Waals surface area contributed by atoms with Crippen LogP contribution in [0.25, 0.3) is 0 Å². The molecule has 0 saturated heterocycles. The number of ether oxygens (including phenoxy) is 1. The minimum Gasteiger partial charge on any atom is -0.444 e. The smallest absolute Gasteiger partial charge is 0.408 e. The number of rotatable bonds is 5. The first-order chi connectivity index (χ1) is 7.52. The third-order valence-electron chi connectivity index (χ3n) is 1.85. The van der Waals surface area contributed by atoms with Crippen molar-refractivity contribution in [1.29, 1.82) is 0 Å². The summed E-state index contributed by atoms with van der Waals surface area (Å²) in [5.74, 6) is 0. The molecule has 0 aliphatic rings. The predicted molar refractivity (Wildman–Crippen MR) is 68.0 cm³/mol. The van der Waals surface area contributed by atoms with Crippen LogP contribution in [-0.2, 0) is 4.74 Å². The molecule has 0 aromatic heterocycles. The molecule has 0 aromatic rings. The third kappa shape index (κ3) is 10.1. The van der Waals surface area contributed by atoms with E-state index in [0.717, 1.165) is 0 Å². The fourth-order valence-electron chi connectivity index (χ4n) is 1.22. The van der Waals surface area contributed by atoms with E-state index < -0.39 is 23.3 Å². The normalized spacial score (nSPS) is 14.3. The molecule has 0 aliphatic heterocycles. The van der Waals surface area contributed by atoms with Gasteiger partial charge in [0, 0.05) is 13.1 Å². The molecule has 0 heterocycles. The van der Waals surface area contributed by atoms with Crippen molar-refractivity contribution in [2.75, 3.05) is 13.1 Å². The van der Waals surface area contributed by atoms with Crippen LogP contribution < -0.4 is 10.6 Å². The number of carbonyl (C=O) groups is 1. The number of hydrogen-bond acceptors (Lipinski definition) is 4. The van der Waals surface area contributed by atoms with Crippen molar-refractivity contribution in [3.8, 4) is 0 Å². The van der Waals surface area contributed by atoms with E-state index in [1.165, 1.54) is 0 Å². The SMILES string of the molecule is CC(O)CNCC(C)(C)NC(=O)OC(C)(C)C. The zero-order valence-electron chi connectivity index (χ0n) is 11.8. The van der Waals surface area contributed by atoms with E-state index in [9.17, 15) is 4.79 Å². The van der Waals surface area contributed by atoms with Gasteiger partial charge in [-0.3, -0.25) is 0 Å². The van der Waals surface area contributed by atoms with Gasteiger partial charge in [-0.2, -0.15) is 0 Å². The van der Waals surface area contributed by atoms with Crippen molar-refractivity contribution in [1.82, 2.24) is 10.6 Å². The van der Waals surface area contributed by atoms with Gasteiger partial charge in [-0.15, -0.1) is 0 Å². The van der Waals surface area contributed by atoms with E-state index in [4.69, 9.17) is 9.84 Å². The summed E-state index contributed by atoms with van der Waals surface area (Å²) in [6, 6.07) is 0. The van der Waals surface area contributed by atoms with Crippen LogP contribution in [0.2, 0.25) is 0 Å². The predicted octanol–water partition coefficient (Wildman–Crippen LogP) is 1.26. The molecule has 102 valence electrons. The highest BCUT2D eigenvalue weighted by molar-refractivity contribution is 5.68. The number of carbonyl (C=O) groups excluding carboxylic acids is 1. The maximum absolute atomic E-state index is 11.6. The molecule has 5 heteroatoms. The lowest BCUT2D eigenvalue weighted by atomic mass is 10.1. The average molecular weight is 246 g/mol. The molecule has 0 fully saturated rings. The van der Waals surface area contributed by atoms with Gasteiger partial charge in [-0.05, 0) is 41.5 Å². The molecular formula is C12H26N2O3. The van der Waals surface area contributed by atoms with E-state index in [2.05, 4.69) is 10.6 Å². The monoisotopic (exact) mass is 246 g/mol. The van der Waals surface area contributed by atoms with Gasteiger partial charge in [0.1, 0.15) is 5.60 Å². The molecule has 0 aliphatic carbocycles. The van der Waals surface area contributed by atoms with Crippen molar-refractivity contribution in [2.24, 2.45) is 0 Å². The van der Waals surface area contributed by atoms with Crippen LogP contribution in [0.4, 0.5) is 4.79 Å². The number of alkyl carbamates (subject to hydrolysis) is 1. The van der Waals surface area contributed by atoms with E-state index in [1.54, 1.807) is 6.92 Å². The van der Waals surface area contributed by atoms with Crippen molar-refractivity contribution in [3.63, 3.8) is 0 Å². The molecule has 1 atom stereocenters. The van der Waals surface area contributed by atoms with Gasteiger partial charge in [0.05, 0.1) is 11.6 Å². The van der Waals surface area contributed by atoms with E-state index >= 15 is 0 Å². The number of aliphatic hydroxyl groups is 1. The Labute approximate surface area is 104 Å². The highest BCUT2D eigenvalue weighted by Crippen LogP contribution is 2.08. The molecule has 0 radical (unpaired) electrons. The highest BCUT2D eigenvalue weighted by atomic mass is 16.6. The summed E-state index contributed by atoms with van der Waals surface area (Å²) in [4.78, 5) is 11.6. The quantitative estimate of drug-likeness (QED) is 0.683. The maximum Gasteiger partial charge on any atom is 0.408 e. The number of amides is 1. The van der Waals surface area contributed by atoms with Crippen molar-refractivity contribution in [2.45, 2.75) is 58.8 Å². The fourth-order valence-corrected chi connectivity index (χ4v) is 1.22.